The summed E-state index contributed by atoms with van der Waals surface area (Å²) in [5, 5.41) is 4.18. The molecule has 1 aromatic heterocycles. The third-order valence-corrected chi connectivity index (χ3v) is 3.06. The summed E-state index contributed by atoms with van der Waals surface area (Å²) >= 11 is 0. The van der Waals surface area contributed by atoms with E-state index in [1.807, 2.05) is 5.32 Å². The zero-order chi connectivity index (χ0) is 17.7. The van der Waals surface area contributed by atoms with Crippen LogP contribution in [0.25, 0.3) is 11.3 Å². The van der Waals surface area contributed by atoms with Crippen LogP contribution in [0.4, 0.5) is 9.18 Å². The molecule has 3 amide bonds. The molecule has 126 valence electrons. The Morgan fingerprint density at radius 2 is 1.88 bits per heavy atom. The summed E-state index contributed by atoms with van der Waals surface area (Å²) in [5.41, 5.74) is 0.196. The minimum Gasteiger partial charge on any atom is -0.449 e. The van der Waals surface area contributed by atoms with E-state index in [9.17, 15) is 18.8 Å². The van der Waals surface area contributed by atoms with Gasteiger partial charge in [-0.25, -0.2) is 14.0 Å². The van der Waals surface area contributed by atoms with Crippen molar-refractivity contribution in [2.24, 2.45) is 0 Å². The van der Waals surface area contributed by atoms with Crippen LogP contribution in [-0.2, 0) is 9.53 Å². The van der Waals surface area contributed by atoms with E-state index in [2.05, 4.69) is 5.32 Å². The maximum Gasteiger partial charge on any atom is 0.375 e. The van der Waals surface area contributed by atoms with Crippen LogP contribution in [0.1, 0.15) is 17.5 Å². The Morgan fingerprint density at radius 1 is 1.17 bits per heavy atom. The maximum atomic E-state index is 13.7. The lowest BCUT2D eigenvalue weighted by Crippen LogP contribution is -2.43. The van der Waals surface area contributed by atoms with Crippen LogP contribution in [0.2, 0.25) is 0 Å². The zero-order valence-corrected chi connectivity index (χ0v) is 13.0. The number of hydrogen-bond donors (Lipinski definition) is 2. The van der Waals surface area contributed by atoms with Crippen molar-refractivity contribution in [2.75, 3.05) is 7.05 Å². The Balaban J connectivity index is 2.05. The first-order valence-corrected chi connectivity index (χ1v) is 7.00. The smallest absolute Gasteiger partial charge is 0.375 e. The van der Waals surface area contributed by atoms with E-state index in [1.54, 1.807) is 6.07 Å². The predicted molar refractivity (Wildman–Crippen MR) is 81.6 cm³/mol. The molecule has 1 unspecified atom stereocenters. The Bertz CT molecular complexity index is 771. The van der Waals surface area contributed by atoms with Gasteiger partial charge in [0, 0.05) is 7.05 Å². The van der Waals surface area contributed by atoms with Gasteiger partial charge in [0.2, 0.25) is 5.76 Å². The second-order valence-electron chi connectivity index (χ2n) is 4.76. The van der Waals surface area contributed by atoms with Gasteiger partial charge in [-0.2, -0.15) is 0 Å². The first-order chi connectivity index (χ1) is 11.4. The molecular formula is C16H15FN2O5. The molecule has 0 fully saturated rings. The topological polar surface area (TPSA) is 97.6 Å². The number of benzene rings is 1. The average Bonchev–Trinajstić information content (AvgIpc) is 3.04. The van der Waals surface area contributed by atoms with Gasteiger partial charge in [-0.3, -0.25) is 10.1 Å². The number of amides is 3. The van der Waals surface area contributed by atoms with Gasteiger partial charge >= 0.3 is 12.0 Å². The average molecular weight is 334 g/mol. The van der Waals surface area contributed by atoms with Crippen LogP contribution in [0, 0.1) is 5.82 Å². The first kappa shape index (κ1) is 17.2. The number of rotatable bonds is 4. The number of carbonyl (C=O) groups is 3. The summed E-state index contributed by atoms with van der Waals surface area (Å²) in [4.78, 5) is 34.6. The molecule has 0 aliphatic carbocycles. The number of urea groups is 1. The van der Waals surface area contributed by atoms with Crippen molar-refractivity contribution in [3.05, 3.63) is 48.0 Å². The van der Waals surface area contributed by atoms with Crippen LogP contribution >= 0.6 is 0 Å². The lowest BCUT2D eigenvalue weighted by molar-refractivity contribution is -0.128. The Kier molecular flexibility index (Phi) is 5.31. The van der Waals surface area contributed by atoms with Gasteiger partial charge in [0.1, 0.15) is 11.6 Å². The SMILES string of the molecule is CNC(=O)NC(=O)C(C)OC(=O)c1ccc(-c2ccccc2F)o1. The van der Waals surface area contributed by atoms with Gasteiger partial charge in [0.25, 0.3) is 5.91 Å². The molecule has 7 nitrogen and oxygen atoms in total. The number of esters is 1. The minimum atomic E-state index is -1.21. The normalized spacial score (nSPS) is 11.5. The second-order valence-corrected chi connectivity index (χ2v) is 4.76. The standard InChI is InChI=1S/C16H15FN2O5/c1-9(14(20)19-16(22)18-2)23-15(21)13-8-7-12(24-13)10-5-3-4-6-11(10)17/h3-9H,1-2H3,(H2,18,19,20,22). The van der Waals surface area contributed by atoms with Crippen molar-refractivity contribution < 1.29 is 27.9 Å². The molecule has 0 aliphatic heterocycles. The van der Waals surface area contributed by atoms with Crippen molar-refractivity contribution in [3.63, 3.8) is 0 Å². The molecule has 0 aliphatic rings. The largest absolute Gasteiger partial charge is 0.449 e. The number of nitrogens with one attached hydrogen (secondary N) is 2. The summed E-state index contributed by atoms with van der Waals surface area (Å²) < 4.78 is 23.9. The number of carbonyl (C=O) groups excluding carboxylic acids is 3. The molecule has 24 heavy (non-hydrogen) atoms. The van der Waals surface area contributed by atoms with E-state index in [1.165, 1.54) is 44.3 Å². The summed E-state index contributed by atoms with van der Waals surface area (Å²) in [6.07, 6.45) is -1.21. The van der Waals surface area contributed by atoms with E-state index in [0.29, 0.717) is 0 Å². The van der Waals surface area contributed by atoms with Gasteiger partial charge in [0.05, 0.1) is 5.56 Å². The van der Waals surface area contributed by atoms with Crippen molar-refractivity contribution in [1.29, 1.82) is 0 Å². The quantitative estimate of drug-likeness (QED) is 0.834. The van der Waals surface area contributed by atoms with Crippen LogP contribution < -0.4 is 10.6 Å². The maximum absolute atomic E-state index is 13.7. The highest BCUT2D eigenvalue weighted by Crippen LogP contribution is 2.25. The fraction of sp³-hybridized carbons (Fsp3) is 0.188. The number of ether oxygens (including phenoxy) is 1. The molecule has 1 atom stereocenters. The van der Waals surface area contributed by atoms with E-state index in [0.717, 1.165) is 0 Å². The van der Waals surface area contributed by atoms with Gasteiger partial charge in [-0.15, -0.1) is 0 Å². The molecule has 1 heterocycles. The zero-order valence-electron chi connectivity index (χ0n) is 13.0. The molecule has 0 radical (unpaired) electrons. The molecule has 0 bridgehead atoms. The molecule has 0 saturated carbocycles. The second kappa shape index (κ2) is 7.40. The molecule has 2 N–H and O–H groups in total. The predicted octanol–water partition coefficient (Wildman–Crippen LogP) is 2.09. The third-order valence-electron chi connectivity index (χ3n) is 3.06. The van der Waals surface area contributed by atoms with Crippen molar-refractivity contribution in [1.82, 2.24) is 10.6 Å². The number of furan rings is 1. The summed E-state index contributed by atoms with van der Waals surface area (Å²) in [6.45, 7) is 1.30. The lowest BCUT2D eigenvalue weighted by Gasteiger charge is -2.11. The number of halogens is 1. The fourth-order valence-corrected chi connectivity index (χ4v) is 1.80. The molecular weight excluding hydrogens is 319 g/mol. The highest BCUT2D eigenvalue weighted by atomic mass is 19.1. The van der Waals surface area contributed by atoms with Crippen LogP contribution in [0.15, 0.2) is 40.8 Å². The molecule has 0 spiro atoms. The molecule has 0 saturated heterocycles. The fourth-order valence-electron chi connectivity index (χ4n) is 1.80. The molecule has 2 aromatic rings. The minimum absolute atomic E-state index is 0.155. The molecule has 1 aromatic carbocycles. The molecule has 8 heteroatoms. The van der Waals surface area contributed by atoms with E-state index in [-0.39, 0.29) is 17.1 Å². The van der Waals surface area contributed by atoms with Gasteiger partial charge in [-0.05, 0) is 31.2 Å². The lowest BCUT2D eigenvalue weighted by atomic mass is 10.1. The summed E-state index contributed by atoms with van der Waals surface area (Å²) in [5.74, 6) is -2.22. The first-order valence-electron chi connectivity index (χ1n) is 7.00. The van der Waals surface area contributed by atoms with E-state index in [4.69, 9.17) is 9.15 Å². The van der Waals surface area contributed by atoms with Crippen LogP contribution in [-0.4, -0.2) is 31.1 Å². The summed E-state index contributed by atoms with van der Waals surface area (Å²) in [7, 11) is 1.34. The van der Waals surface area contributed by atoms with E-state index >= 15 is 0 Å². The summed E-state index contributed by atoms with van der Waals surface area (Å²) in [6, 6.07) is 7.94. The van der Waals surface area contributed by atoms with E-state index < -0.39 is 29.8 Å². The third kappa shape index (κ3) is 3.97. The number of hydrogen-bond acceptors (Lipinski definition) is 5. The van der Waals surface area contributed by atoms with Crippen molar-refractivity contribution in [2.45, 2.75) is 13.0 Å². The van der Waals surface area contributed by atoms with Gasteiger partial charge < -0.3 is 14.5 Å². The number of imide groups is 1. The van der Waals surface area contributed by atoms with Gasteiger partial charge in [0.15, 0.2) is 6.10 Å². The Morgan fingerprint density at radius 3 is 2.54 bits per heavy atom. The highest BCUT2D eigenvalue weighted by Gasteiger charge is 2.23. The Hall–Kier alpha value is -3.16. The van der Waals surface area contributed by atoms with Crippen LogP contribution in [0.5, 0.6) is 0 Å². The Labute approximate surface area is 136 Å². The van der Waals surface area contributed by atoms with Gasteiger partial charge in [-0.1, -0.05) is 12.1 Å². The van der Waals surface area contributed by atoms with Crippen molar-refractivity contribution in [3.8, 4) is 11.3 Å². The monoisotopic (exact) mass is 334 g/mol. The highest BCUT2D eigenvalue weighted by molar-refractivity contribution is 5.98. The molecule has 2 rings (SSSR count). The van der Waals surface area contributed by atoms with Crippen LogP contribution in [0.3, 0.4) is 0 Å². The van der Waals surface area contributed by atoms with Crippen molar-refractivity contribution >= 4 is 17.9 Å².